The Morgan fingerprint density at radius 3 is 2.65 bits per heavy atom. The largest absolute Gasteiger partial charge is 0.486 e. The second-order valence-electron chi connectivity index (χ2n) is 6.98. The van der Waals surface area contributed by atoms with Crippen molar-refractivity contribution in [3.8, 4) is 5.75 Å². The van der Waals surface area contributed by atoms with Crippen molar-refractivity contribution in [2.24, 2.45) is 7.05 Å². The Hall–Kier alpha value is -3.03. The van der Waals surface area contributed by atoms with E-state index in [2.05, 4.69) is 15.5 Å². The second kappa shape index (κ2) is 9.41. The van der Waals surface area contributed by atoms with Gasteiger partial charge >= 0.3 is 0 Å². The van der Waals surface area contributed by atoms with E-state index in [1.165, 1.54) is 11.8 Å². The highest BCUT2D eigenvalue weighted by atomic mass is 35.5. The van der Waals surface area contributed by atoms with Crippen molar-refractivity contribution in [1.82, 2.24) is 14.8 Å². The minimum Gasteiger partial charge on any atom is -0.486 e. The molecule has 0 fully saturated rings. The lowest BCUT2D eigenvalue weighted by Crippen LogP contribution is -2.23. The first kappa shape index (κ1) is 21.2. The summed E-state index contributed by atoms with van der Waals surface area (Å²) in [6, 6.07) is 21.0. The topological polar surface area (TPSA) is 69.0 Å². The zero-order valence-corrected chi connectivity index (χ0v) is 18.7. The van der Waals surface area contributed by atoms with Gasteiger partial charge < -0.3 is 14.6 Å². The van der Waals surface area contributed by atoms with Crippen LogP contribution < -0.4 is 10.1 Å². The number of carbonyl (C=O) groups excluding carboxylic acids is 1. The van der Waals surface area contributed by atoms with Gasteiger partial charge in [0.1, 0.15) is 12.4 Å². The van der Waals surface area contributed by atoms with Gasteiger partial charge in [0.05, 0.1) is 5.25 Å². The highest BCUT2D eigenvalue weighted by Crippen LogP contribution is 2.26. The summed E-state index contributed by atoms with van der Waals surface area (Å²) >= 11 is 7.25. The van der Waals surface area contributed by atoms with Crippen LogP contribution in [0.5, 0.6) is 5.75 Å². The quantitative estimate of drug-likeness (QED) is 0.384. The zero-order valence-electron chi connectivity index (χ0n) is 17.1. The van der Waals surface area contributed by atoms with Gasteiger partial charge in [-0.2, -0.15) is 0 Å². The molecule has 3 aromatic carbocycles. The second-order valence-corrected chi connectivity index (χ2v) is 8.72. The highest BCUT2D eigenvalue weighted by molar-refractivity contribution is 8.00. The molecule has 31 heavy (non-hydrogen) atoms. The van der Waals surface area contributed by atoms with E-state index in [4.69, 9.17) is 16.3 Å². The maximum absolute atomic E-state index is 12.8. The number of rotatable bonds is 7. The molecule has 0 aliphatic heterocycles. The fourth-order valence-corrected chi connectivity index (χ4v) is 3.99. The van der Waals surface area contributed by atoms with Crippen molar-refractivity contribution in [3.05, 3.63) is 77.6 Å². The van der Waals surface area contributed by atoms with E-state index >= 15 is 0 Å². The summed E-state index contributed by atoms with van der Waals surface area (Å²) in [7, 11) is 1.86. The van der Waals surface area contributed by atoms with Crippen LogP contribution >= 0.6 is 23.4 Å². The minimum absolute atomic E-state index is 0.0942. The number of hydrogen-bond acceptors (Lipinski definition) is 5. The Bertz CT molecular complexity index is 1200. The third-order valence-corrected chi connectivity index (χ3v) is 6.19. The molecule has 4 aromatic rings. The van der Waals surface area contributed by atoms with Gasteiger partial charge in [-0.15, -0.1) is 10.2 Å². The summed E-state index contributed by atoms with van der Waals surface area (Å²) in [5.74, 6) is 1.27. The van der Waals surface area contributed by atoms with Crippen molar-refractivity contribution < 1.29 is 9.53 Å². The number of halogens is 1. The lowest BCUT2D eigenvalue weighted by molar-refractivity contribution is -0.115. The van der Waals surface area contributed by atoms with E-state index < -0.39 is 0 Å². The molecule has 158 valence electrons. The Morgan fingerprint density at radius 2 is 1.84 bits per heavy atom. The lowest BCUT2D eigenvalue weighted by Gasteiger charge is -2.13. The van der Waals surface area contributed by atoms with Crippen molar-refractivity contribution in [3.63, 3.8) is 0 Å². The van der Waals surface area contributed by atoms with E-state index in [9.17, 15) is 4.79 Å². The molecule has 0 saturated carbocycles. The van der Waals surface area contributed by atoms with Crippen LogP contribution in [0, 0.1) is 0 Å². The molecule has 1 atom stereocenters. The van der Waals surface area contributed by atoms with Crippen molar-refractivity contribution >= 4 is 45.7 Å². The van der Waals surface area contributed by atoms with Gasteiger partial charge in [-0.1, -0.05) is 59.8 Å². The number of anilines is 1. The summed E-state index contributed by atoms with van der Waals surface area (Å²) in [5, 5.41) is 14.5. The van der Waals surface area contributed by atoms with Crippen LogP contribution in [0.4, 0.5) is 5.69 Å². The summed E-state index contributed by atoms with van der Waals surface area (Å²) in [6.45, 7) is 2.12. The van der Waals surface area contributed by atoms with Gasteiger partial charge in [-0.05, 0) is 42.6 Å². The standard InChI is InChI=1S/C23H21ClN4O2S/c1-15(22(29)25-20-9-5-7-16-6-3-4-8-19(16)20)31-23-27-26-21(28(23)2)14-30-18-12-10-17(24)11-13-18/h3-13,15H,14H2,1-2H3,(H,25,29). The Kier molecular flexibility index (Phi) is 6.44. The van der Waals surface area contributed by atoms with Gasteiger partial charge in [-0.25, -0.2) is 0 Å². The predicted molar refractivity (Wildman–Crippen MR) is 125 cm³/mol. The number of aromatic nitrogens is 3. The van der Waals surface area contributed by atoms with Crippen LogP contribution in [0.1, 0.15) is 12.7 Å². The van der Waals surface area contributed by atoms with Crippen LogP contribution in [0.15, 0.2) is 71.9 Å². The van der Waals surface area contributed by atoms with Gasteiger partial charge in [-0.3, -0.25) is 4.79 Å². The van der Waals surface area contributed by atoms with E-state index in [0.29, 0.717) is 21.8 Å². The number of nitrogens with zero attached hydrogens (tertiary/aromatic N) is 3. The van der Waals surface area contributed by atoms with Crippen LogP contribution in [0.3, 0.4) is 0 Å². The molecule has 4 rings (SSSR count). The molecule has 1 unspecified atom stereocenters. The number of ether oxygens (including phenoxy) is 1. The molecular weight excluding hydrogens is 432 g/mol. The predicted octanol–water partition coefficient (Wildman–Crippen LogP) is 5.32. The first-order chi connectivity index (χ1) is 15.0. The average Bonchev–Trinajstić information content (AvgIpc) is 3.12. The number of fused-ring (bicyclic) bond motifs is 1. The summed E-state index contributed by atoms with van der Waals surface area (Å²) in [6.07, 6.45) is 0. The van der Waals surface area contributed by atoms with E-state index in [-0.39, 0.29) is 17.8 Å². The summed E-state index contributed by atoms with van der Waals surface area (Å²) in [5.41, 5.74) is 0.797. The molecule has 0 saturated heterocycles. The van der Waals surface area contributed by atoms with Gasteiger partial charge in [0, 0.05) is 23.1 Å². The molecule has 1 heterocycles. The first-order valence-corrected chi connectivity index (χ1v) is 11.0. The molecule has 0 radical (unpaired) electrons. The molecule has 0 bridgehead atoms. The number of hydrogen-bond donors (Lipinski definition) is 1. The monoisotopic (exact) mass is 452 g/mol. The van der Waals surface area contributed by atoms with Gasteiger partial charge in [0.15, 0.2) is 11.0 Å². The first-order valence-electron chi connectivity index (χ1n) is 9.73. The third kappa shape index (κ3) is 5.00. The summed E-state index contributed by atoms with van der Waals surface area (Å²) < 4.78 is 7.58. The molecular formula is C23H21ClN4O2S. The van der Waals surface area contributed by atoms with Gasteiger partial charge in [0.25, 0.3) is 0 Å². The summed E-state index contributed by atoms with van der Waals surface area (Å²) in [4.78, 5) is 12.8. The molecule has 1 amide bonds. The van der Waals surface area contributed by atoms with Crippen LogP contribution in [0.25, 0.3) is 10.8 Å². The van der Waals surface area contributed by atoms with Crippen LogP contribution in [0.2, 0.25) is 5.02 Å². The fourth-order valence-electron chi connectivity index (χ4n) is 3.03. The SMILES string of the molecule is CC(Sc1nnc(COc2ccc(Cl)cc2)n1C)C(=O)Nc1cccc2ccccc12. The maximum Gasteiger partial charge on any atom is 0.237 e. The van der Waals surface area contributed by atoms with Crippen LogP contribution in [-0.4, -0.2) is 25.9 Å². The van der Waals surface area contributed by atoms with Gasteiger partial charge in [0.2, 0.25) is 5.91 Å². The van der Waals surface area contributed by atoms with Crippen molar-refractivity contribution in [1.29, 1.82) is 0 Å². The lowest BCUT2D eigenvalue weighted by atomic mass is 10.1. The Labute approximate surface area is 189 Å². The van der Waals surface area contributed by atoms with E-state index in [1.807, 2.05) is 61.0 Å². The molecule has 0 aliphatic rings. The number of thioether (sulfide) groups is 1. The molecule has 8 heteroatoms. The number of carbonyl (C=O) groups is 1. The molecule has 0 spiro atoms. The maximum atomic E-state index is 12.8. The van der Waals surface area contributed by atoms with Crippen molar-refractivity contribution in [2.75, 3.05) is 5.32 Å². The molecule has 6 nitrogen and oxygen atoms in total. The smallest absolute Gasteiger partial charge is 0.237 e. The van der Waals surface area contributed by atoms with Crippen LogP contribution in [-0.2, 0) is 18.4 Å². The Balaban J connectivity index is 1.39. The number of amides is 1. The molecule has 1 aromatic heterocycles. The number of nitrogens with one attached hydrogen (secondary N) is 1. The molecule has 0 aliphatic carbocycles. The molecule has 1 N–H and O–H groups in total. The fraction of sp³-hybridized carbons (Fsp3) is 0.174. The minimum atomic E-state index is -0.355. The number of benzene rings is 3. The van der Waals surface area contributed by atoms with Crippen molar-refractivity contribution in [2.45, 2.75) is 23.9 Å². The normalized spacial score (nSPS) is 12.0. The highest BCUT2D eigenvalue weighted by Gasteiger charge is 2.19. The average molecular weight is 453 g/mol. The van der Waals surface area contributed by atoms with E-state index in [0.717, 1.165) is 16.5 Å². The zero-order chi connectivity index (χ0) is 21.8. The third-order valence-electron chi connectivity index (χ3n) is 4.81. The Morgan fingerprint density at radius 1 is 1.10 bits per heavy atom. The van der Waals surface area contributed by atoms with E-state index in [1.54, 1.807) is 24.3 Å².